The van der Waals surface area contributed by atoms with Crippen LogP contribution in [-0.2, 0) is 0 Å². The minimum Gasteiger partial charge on any atom is -0.0654 e. The summed E-state index contributed by atoms with van der Waals surface area (Å²) >= 11 is 0. The molecule has 0 amide bonds. The Bertz CT molecular complexity index is 336. The zero-order chi connectivity index (χ0) is 31.5. The summed E-state index contributed by atoms with van der Waals surface area (Å²) in [5.41, 5.74) is 0. The van der Waals surface area contributed by atoms with Crippen LogP contribution in [0.25, 0.3) is 0 Å². The molecule has 0 aliphatic carbocycles. The van der Waals surface area contributed by atoms with Gasteiger partial charge < -0.3 is 0 Å². The third-order valence-electron chi connectivity index (χ3n) is 8.87. The number of hydrogen-bond acceptors (Lipinski definition) is 0. The Morgan fingerprint density at radius 3 is 0.262 bits per heavy atom. The van der Waals surface area contributed by atoms with Crippen molar-refractivity contribution >= 4 is 0 Å². The van der Waals surface area contributed by atoms with Crippen molar-refractivity contribution in [2.75, 3.05) is 0 Å². The Labute approximate surface area is 272 Å². The first-order chi connectivity index (χ1) is 20.7. The molecule has 0 atom stereocenters. The average molecular weight is 595 g/mol. The Morgan fingerprint density at radius 2 is 0.190 bits per heavy atom. The quantitative estimate of drug-likeness (QED) is 0.0663. The van der Waals surface area contributed by atoms with E-state index in [2.05, 4.69) is 41.5 Å². The molecule has 0 rings (SSSR count). The average Bonchev–Trinajstić information content (AvgIpc) is 3.01. The van der Waals surface area contributed by atoms with E-state index in [0.29, 0.717) is 0 Å². The zero-order valence-electron chi connectivity index (χ0n) is 31.5. The molecular formula is C42H90. The molecule has 0 radical (unpaired) electrons. The molecule has 0 bridgehead atoms. The molecule has 0 aliphatic heterocycles. The molecule has 0 aliphatic rings. The standard InChI is InChI=1S/C16H34.C14H30.C12H26/c1-3-5-7-9-11-13-15-16-14-12-10-8-6-4-2;1-3-5-7-9-11-13-14-12-10-8-6-4-2;1-3-5-7-9-11-12-10-8-6-4-2/h3-16H2,1-2H3;3-14H2,1-2H3;3-12H2,1-2H3. The fourth-order valence-electron chi connectivity index (χ4n) is 5.74. The van der Waals surface area contributed by atoms with Crippen LogP contribution in [0.4, 0.5) is 0 Å². The van der Waals surface area contributed by atoms with Gasteiger partial charge in [-0.05, 0) is 0 Å². The van der Waals surface area contributed by atoms with Crippen LogP contribution in [0.15, 0.2) is 0 Å². The van der Waals surface area contributed by atoms with E-state index in [-0.39, 0.29) is 0 Å². The normalized spacial score (nSPS) is 10.7. The lowest BCUT2D eigenvalue weighted by Crippen LogP contribution is -1.82. The SMILES string of the molecule is CCCCCCCCCCCC.CCCCCCCCCCCCCC.CCCCCCCCCCCCCCCC. The van der Waals surface area contributed by atoms with E-state index in [1.54, 1.807) is 0 Å². The van der Waals surface area contributed by atoms with Crippen LogP contribution in [-0.4, -0.2) is 0 Å². The lowest BCUT2D eigenvalue weighted by molar-refractivity contribution is 0.538. The first-order valence-electron chi connectivity index (χ1n) is 20.7. The lowest BCUT2D eigenvalue weighted by Gasteiger charge is -2.02. The second-order valence-electron chi connectivity index (χ2n) is 13.6. The summed E-state index contributed by atoms with van der Waals surface area (Å²) in [5.74, 6) is 0. The van der Waals surface area contributed by atoms with Crippen LogP contribution >= 0.6 is 0 Å². The smallest absolute Gasteiger partial charge is 0.0533 e. The number of rotatable bonds is 33. The van der Waals surface area contributed by atoms with Gasteiger partial charge in [0.15, 0.2) is 0 Å². The first-order valence-corrected chi connectivity index (χ1v) is 20.7. The lowest BCUT2D eigenvalue weighted by atomic mass is 10.0. The van der Waals surface area contributed by atoms with E-state index in [9.17, 15) is 0 Å². The van der Waals surface area contributed by atoms with Crippen molar-refractivity contribution in [1.29, 1.82) is 0 Å². The summed E-state index contributed by atoms with van der Waals surface area (Å²) in [6, 6.07) is 0. The van der Waals surface area contributed by atoms with E-state index in [0.717, 1.165) is 0 Å². The van der Waals surface area contributed by atoms with E-state index in [1.807, 2.05) is 0 Å². The van der Waals surface area contributed by atoms with Gasteiger partial charge in [-0.15, -0.1) is 0 Å². The van der Waals surface area contributed by atoms with Crippen LogP contribution in [0.5, 0.6) is 0 Å². The van der Waals surface area contributed by atoms with Crippen molar-refractivity contribution in [3.8, 4) is 0 Å². The van der Waals surface area contributed by atoms with Gasteiger partial charge in [-0.1, -0.05) is 273 Å². The van der Waals surface area contributed by atoms with Gasteiger partial charge in [-0.25, -0.2) is 0 Å². The Morgan fingerprint density at radius 1 is 0.119 bits per heavy atom. The van der Waals surface area contributed by atoms with Crippen molar-refractivity contribution in [2.24, 2.45) is 0 Å². The minimum atomic E-state index is 1.37. The van der Waals surface area contributed by atoms with Crippen molar-refractivity contribution in [3.05, 3.63) is 0 Å². The molecule has 0 unspecified atom stereocenters. The molecule has 42 heavy (non-hydrogen) atoms. The largest absolute Gasteiger partial charge is 0.0654 e. The van der Waals surface area contributed by atoms with E-state index in [4.69, 9.17) is 0 Å². The molecule has 0 nitrogen and oxygen atoms in total. The second-order valence-corrected chi connectivity index (χ2v) is 13.6. The molecule has 0 N–H and O–H groups in total. The predicted octanol–water partition coefficient (Wildman–Crippen LogP) is 17.1. The molecule has 0 spiro atoms. The zero-order valence-corrected chi connectivity index (χ0v) is 31.5. The molecule has 0 saturated carbocycles. The van der Waals surface area contributed by atoms with Gasteiger partial charge in [0, 0.05) is 0 Å². The van der Waals surface area contributed by atoms with Crippen molar-refractivity contribution < 1.29 is 0 Å². The Kier molecular flexibility index (Phi) is 55.9. The maximum atomic E-state index is 2.29. The Balaban J connectivity index is -0.000000549. The van der Waals surface area contributed by atoms with Crippen molar-refractivity contribution in [3.63, 3.8) is 0 Å². The van der Waals surface area contributed by atoms with Gasteiger partial charge in [0.05, 0.1) is 0 Å². The highest BCUT2D eigenvalue weighted by atomic mass is 14.0. The summed E-state index contributed by atoms with van der Waals surface area (Å²) in [6.45, 7) is 13.7. The molecule has 0 saturated heterocycles. The summed E-state index contributed by atoms with van der Waals surface area (Å²) < 4.78 is 0. The van der Waals surface area contributed by atoms with Gasteiger partial charge in [0.25, 0.3) is 0 Å². The van der Waals surface area contributed by atoms with Crippen LogP contribution in [0, 0.1) is 0 Å². The number of unbranched alkanes of at least 4 members (excludes halogenated alkanes) is 33. The highest BCUT2D eigenvalue weighted by Gasteiger charge is 1.94. The van der Waals surface area contributed by atoms with Crippen LogP contribution in [0.1, 0.15) is 273 Å². The summed E-state index contributed by atoms with van der Waals surface area (Å²) in [7, 11) is 0. The molecule has 0 aromatic heterocycles. The molecular weight excluding hydrogens is 504 g/mol. The fourth-order valence-corrected chi connectivity index (χ4v) is 5.74. The number of hydrogen-bond donors (Lipinski definition) is 0. The summed E-state index contributed by atoms with van der Waals surface area (Å²) in [6.07, 6.45) is 52.3. The predicted molar refractivity (Wildman–Crippen MR) is 200 cm³/mol. The van der Waals surface area contributed by atoms with Crippen molar-refractivity contribution in [1.82, 2.24) is 0 Å². The van der Waals surface area contributed by atoms with Crippen LogP contribution in [0.3, 0.4) is 0 Å². The van der Waals surface area contributed by atoms with Crippen LogP contribution < -0.4 is 0 Å². The van der Waals surface area contributed by atoms with Crippen molar-refractivity contribution in [2.45, 2.75) is 273 Å². The Hall–Kier alpha value is 0. The molecule has 258 valence electrons. The van der Waals surface area contributed by atoms with Gasteiger partial charge in [-0.3, -0.25) is 0 Å². The topological polar surface area (TPSA) is 0 Å². The van der Waals surface area contributed by atoms with Gasteiger partial charge in [0.2, 0.25) is 0 Å². The highest BCUT2D eigenvalue weighted by Crippen LogP contribution is 2.14. The van der Waals surface area contributed by atoms with E-state index < -0.39 is 0 Å². The van der Waals surface area contributed by atoms with Gasteiger partial charge in [-0.2, -0.15) is 0 Å². The van der Waals surface area contributed by atoms with Gasteiger partial charge in [0.1, 0.15) is 0 Å². The maximum Gasteiger partial charge on any atom is -0.0533 e. The molecule has 0 aromatic carbocycles. The first kappa shape index (κ1) is 46.4. The van der Waals surface area contributed by atoms with E-state index >= 15 is 0 Å². The third kappa shape index (κ3) is 55.9. The third-order valence-corrected chi connectivity index (χ3v) is 8.87. The monoisotopic (exact) mass is 595 g/mol. The van der Waals surface area contributed by atoms with Crippen LogP contribution in [0.2, 0.25) is 0 Å². The molecule has 0 heterocycles. The fraction of sp³-hybridized carbons (Fsp3) is 1.00. The minimum absolute atomic E-state index is 1.37. The second kappa shape index (κ2) is 50.6. The van der Waals surface area contributed by atoms with Gasteiger partial charge >= 0.3 is 0 Å². The maximum absolute atomic E-state index is 2.29. The molecule has 0 fully saturated rings. The summed E-state index contributed by atoms with van der Waals surface area (Å²) in [4.78, 5) is 0. The molecule has 0 aromatic rings. The summed E-state index contributed by atoms with van der Waals surface area (Å²) in [5, 5.41) is 0. The highest BCUT2D eigenvalue weighted by molar-refractivity contribution is 4.49. The molecule has 0 heteroatoms. The van der Waals surface area contributed by atoms with E-state index in [1.165, 1.54) is 231 Å².